The summed E-state index contributed by atoms with van der Waals surface area (Å²) in [4.78, 5) is 35.7. The average Bonchev–Trinajstić information content (AvgIpc) is 3.37. The van der Waals surface area contributed by atoms with E-state index in [1.165, 1.54) is 28.0 Å². The first-order valence-electron chi connectivity index (χ1n) is 9.63. The lowest BCUT2D eigenvalue weighted by Crippen LogP contribution is -2.31. The van der Waals surface area contributed by atoms with E-state index in [1.807, 2.05) is 43.3 Å². The van der Waals surface area contributed by atoms with E-state index in [0.717, 1.165) is 15.7 Å². The molecule has 0 bridgehead atoms. The molecule has 32 heavy (non-hydrogen) atoms. The third kappa shape index (κ3) is 5.42. The molecule has 1 aliphatic rings. The van der Waals surface area contributed by atoms with E-state index in [-0.39, 0.29) is 23.3 Å². The number of nitrogens with one attached hydrogen (secondary N) is 1. The van der Waals surface area contributed by atoms with Crippen LogP contribution in [0.1, 0.15) is 12.5 Å². The van der Waals surface area contributed by atoms with E-state index in [0.29, 0.717) is 16.0 Å². The summed E-state index contributed by atoms with van der Waals surface area (Å²) in [5.74, 6) is 0.461. The fourth-order valence-electron chi connectivity index (χ4n) is 2.74. The number of aliphatic imine (C=N–C) groups is 1. The molecule has 0 saturated carbocycles. The van der Waals surface area contributed by atoms with Crippen molar-refractivity contribution in [2.75, 3.05) is 21.7 Å². The minimum atomic E-state index is -0.256. The molecular formula is C21H18N6O2S3. The van der Waals surface area contributed by atoms with Crippen molar-refractivity contribution in [2.24, 2.45) is 4.99 Å². The number of aromatic nitrogens is 3. The third-order valence-corrected chi connectivity index (χ3v) is 6.88. The highest BCUT2D eigenvalue weighted by molar-refractivity contribution is 8.14. The van der Waals surface area contributed by atoms with Crippen LogP contribution in [0, 0.1) is 0 Å². The molecule has 0 spiro atoms. The van der Waals surface area contributed by atoms with Crippen LogP contribution in [0.3, 0.4) is 0 Å². The maximum Gasteiger partial charge on any atom is 0.283 e. The van der Waals surface area contributed by atoms with Crippen molar-refractivity contribution < 1.29 is 9.59 Å². The molecule has 4 rings (SSSR count). The van der Waals surface area contributed by atoms with Crippen LogP contribution in [0.25, 0.3) is 6.08 Å². The van der Waals surface area contributed by atoms with Crippen LogP contribution in [0.15, 0.2) is 69.9 Å². The Kier molecular flexibility index (Phi) is 7.30. The van der Waals surface area contributed by atoms with Gasteiger partial charge in [0.25, 0.3) is 5.91 Å². The quantitative estimate of drug-likeness (QED) is 0.307. The van der Waals surface area contributed by atoms with Crippen LogP contribution >= 0.6 is 34.9 Å². The van der Waals surface area contributed by atoms with E-state index in [9.17, 15) is 9.59 Å². The molecule has 0 unspecified atom stereocenters. The van der Waals surface area contributed by atoms with Gasteiger partial charge in [0.05, 0.1) is 11.4 Å². The van der Waals surface area contributed by atoms with Crippen LogP contribution in [0.4, 0.5) is 10.8 Å². The Balaban J connectivity index is 1.50. The Morgan fingerprint density at radius 2 is 2.00 bits per heavy atom. The van der Waals surface area contributed by atoms with Gasteiger partial charge in [-0.2, -0.15) is 0 Å². The number of anilines is 2. The van der Waals surface area contributed by atoms with Gasteiger partial charge in [0.2, 0.25) is 11.0 Å². The normalized spacial score (nSPS) is 14.7. The van der Waals surface area contributed by atoms with Crippen molar-refractivity contribution >= 4 is 68.7 Å². The minimum absolute atomic E-state index is 0.0749. The summed E-state index contributed by atoms with van der Waals surface area (Å²) in [5.41, 5.74) is 1.74. The summed E-state index contributed by atoms with van der Waals surface area (Å²) in [7, 11) is 0. The lowest BCUT2D eigenvalue weighted by atomic mass is 10.2. The van der Waals surface area contributed by atoms with E-state index in [1.54, 1.807) is 36.3 Å². The Morgan fingerprint density at radius 1 is 1.16 bits per heavy atom. The number of amidine groups is 1. The van der Waals surface area contributed by atoms with Crippen molar-refractivity contribution in [3.05, 3.63) is 66.1 Å². The van der Waals surface area contributed by atoms with Crippen LogP contribution in [-0.2, 0) is 9.59 Å². The molecule has 0 aliphatic carbocycles. The van der Waals surface area contributed by atoms with Crippen molar-refractivity contribution in [3.8, 4) is 0 Å². The second-order valence-electron chi connectivity index (χ2n) is 6.33. The molecule has 1 N–H and O–H groups in total. The zero-order valence-corrected chi connectivity index (χ0v) is 19.4. The molecule has 0 atom stereocenters. The second-order valence-corrected chi connectivity index (χ2v) is 9.76. The Morgan fingerprint density at radius 3 is 2.75 bits per heavy atom. The fourth-order valence-corrected chi connectivity index (χ4v) is 5.22. The lowest BCUT2D eigenvalue weighted by molar-refractivity contribution is -0.114. The molecular weight excluding hydrogens is 464 g/mol. The van der Waals surface area contributed by atoms with Gasteiger partial charge in [-0.25, -0.2) is 4.99 Å². The van der Waals surface area contributed by atoms with Gasteiger partial charge in [-0.3, -0.25) is 24.8 Å². The lowest BCUT2D eigenvalue weighted by Gasteiger charge is -2.17. The van der Waals surface area contributed by atoms with Crippen LogP contribution in [-0.4, -0.2) is 43.7 Å². The van der Waals surface area contributed by atoms with Crippen LogP contribution < -0.4 is 10.2 Å². The van der Waals surface area contributed by atoms with E-state index >= 15 is 0 Å². The first-order chi connectivity index (χ1) is 15.6. The molecule has 3 heterocycles. The summed E-state index contributed by atoms with van der Waals surface area (Å²) in [5, 5.41) is 11.7. The monoisotopic (exact) mass is 482 g/mol. The SMILES string of the molecule is CCSc1nnc(NC(=O)CSC2=N/C(=C\c3cccnc3)C(=O)N2c2ccccc2)s1. The second kappa shape index (κ2) is 10.5. The molecule has 2 aromatic heterocycles. The fraction of sp³-hybridized carbons (Fsp3) is 0.143. The predicted molar refractivity (Wildman–Crippen MR) is 131 cm³/mol. The molecule has 0 fully saturated rings. The van der Waals surface area contributed by atoms with E-state index < -0.39 is 0 Å². The molecule has 3 aromatic rings. The zero-order chi connectivity index (χ0) is 22.3. The molecule has 2 amide bonds. The number of nitrogens with zero attached hydrogens (tertiary/aromatic N) is 5. The topological polar surface area (TPSA) is 100 Å². The minimum Gasteiger partial charge on any atom is -0.300 e. The molecule has 8 nitrogen and oxygen atoms in total. The smallest absolute Gasteiger partial charge is 0.283 e. The van der Waals surface area contributed by atoms with Crippen molar-refractivity contribution in [1.82, 2.24) is 15.2 Å². The first-order valence-corrected chi connectivity index (χ1v) is 12.4. The van der Waals surface area contributed by atoms with Crippen LogP contribution in [0.2, 0.25) is 0 Å². The molecule has 0 saturated heterocycles. The Labute approximate surface area is 197 Å². The highest BCUT2D eigenvalue weighted by atomic mass is 32.2. The van der Waals surface area contributed by atoms with Crippen molar-refractivity contribution in [2.45, 2.75) is 11.3 Å². The first kappa shape index (κ1) is 22.2. The van der Waals surface area contributed by atoms with E-state index in [2.05, 4.69) is 25.5 Å². The van der Waals surface area contributed by atoms with Gasteiger partial charge in [-0.15, -0.1) is 10.2 Å². The van der Waals surface area contributed by atoms with Gasteiger partial charge >= 0.3 is 0 Å². The summed E-state index contributed by atoms with van der Waals surface area (Å²) < 4.78 is 0.807. The number of hydrogen-bond donors (Lipinski definition) is 1. The summed E-state index contributed by atoms with van der Waals surface area (Å²) in [6.45, 7) is 2.03. The van der Waals surface area contributed by atoms with Crippen molar-refractivity contribution in [3.63, 3.8) is 0 Å². The number of carbonyl (C=O) groups excluding carboxylic acids is 2. The van der Waals surface area contributed by atoms with E-state index in [4.69, 9.17) is 0 Å². The standard InChI is InChI=1S/C21H18N6O2S3/c1-2-30-21-26-25-19(32-21)24-17(28)13-31-20-23-16(11-14-7-6-10-22-12-14)18(29)27(20)15-8-4-3-5-9-15/h3-12H,2,13H2,1H3,(H,24,25,28)/b16-11-. The molecule has 0 radical (unpaired) electrons. The number of hydrogen-bond acceptors (Lipinski definition) is 9. The summed E-state index contributed by atoms with van der Waals surface area (Å²) in [6, 6.07) is 12.9. The zero-order valence-electron chi connectivity index (χ0n) is 17.0. The maximum atomic E-state index is 13.1. The number of benzene rings is 1. The highest BCUT2D eigenvalue weighted by Crippen LogP contribution is 2.30. The number of para-hydroxylation sites is 1. The van der Waals surface area contributed by atoms with Gasteiger partial charge < -0.3 is 0 Å². The number of carbonyl (C=O) groups is 2. The number of pyridine rings is 1. The summed E-state index contributed by atoms with van der Waals surface area (Å²) >= 11 is 4.09. The molecule has 11 heteroatoms. The Bertz CT molecular complexity index is 1160. The number of thioether (sulfide) groups is 2. The van der Waals surface area contributed by atoms with Crippen LogP contribution in [0.5, 0.6) is 0 Å². The maximum absolute atomic E-state index is 13.1. The van der Waals surface area contributed by atoms with Gasteiger partial charge in [0.15, 0.2) is 9.51 Å². The van der Waals surface area contributed by atoms with Gasteiger partial charge in [0.1, 0.15) is 5.70 Å². The van der Waals surface area contributed by atoms with Crippen molar-refractivity contribution in [1.29, 1.82) is 0 Å². The Hall–Kier alpha value is -3.02. The highest BCUT2D eigenvalue weighted by Gasteiger charge is 2.32. The molecule has 1 aromatic carbocycles. The summed E-state index contributed by atoms with van der Waals surface area (Å²) in [6.07, 6.45) is 5.02. The number of rotatable bonds is 7. The van der Waals surface area contributed by atoms with Gasteiger partial charge in [-0.1, -0.05) is 66.0 Å². The largest absolute Gasteiger partial charge is 0.300 e. The third-order valence-electron chi connectivity index (χ3n) is 4.08. The van der Waals surface area contributed by atoms with Gasteiger partial charge in [0, 0.05) is 12.4 Å². The average molecular weight is 483 g/mol. The number of amides is 2. The molecule has 162 valence electrons. The predicted octanol–water partition coefficient (Wildman–Crippen LogP) is 4.16. The van der Waals surface area contributed by atoms with Gasteiger partial charge in [-0.05, 0) is 35.6 Å². The molecule has 1 aliphatic heterocycles.